The second-order valence-electron chi connectivity index (χ2n) is 8.24. The highest BCUT2D eigenvalue weighted by atomic mass is 35.5. The number of imidazole rings is 1. The van der Waals surface area contributed by atoms with Crippen LogP contribution < -0.4 is 15.0 Å². The van der Waals surface area contributed by atoms with Crippen LogP contribution in [0.2, 0.25) is 5.02 Å². The van der Waals surface area contributed by atoms with Gasteiger partial charge in [0, 0.05) is 32.0 Å². The maximum Gasteiger partial charge on any atom is 0.573 e. The van der Waals surface area contributed by atoms with Gasteiger partial charge >= 0.3 is 6.36 Å². The summed E-state index contributed by atoms with van der Waals surface area (Å²) in [5.74, 6) is -0.507. The van der Waals surface area contributed by atoms with E-state index in [0.717, 1.165) is 16.8 Å². The summed E-state index contributed by atoms with van der Waals surface area (Å²) in [5.41, 5.74) is 4.42. The van der Waals surface area contributed by atoms with Crippen LogP contribution in [0.25, 0.3) is 5.65 Å². The number of carbonyl (C=O) groups is 1. The van der Waals surface area contributed by atoms with Crippen molar-refractivity contribution in [2.45, 2.75) is 32.8 Å². The maximum atomic E-state index is 13.1. The highest BCUT2D eigenvalue weighted by molar-refractivity contribution is 6.30. The lowest BCUT2D eigenvalue weighted by Gasteiger charge is -2.20. The molecule has 0 aliphatic carbocycles. The summed E-state index contributed by atoms with van der Waals surface area (Å²) < 4.78 is 42.7. The Hall–Kier alpha value is -3.72. The monoisotopic (exact) mass is 516 g/mol. The van der Waals surface area contributed by atoms with E-state index in [1.165, 1.54) is 12.1 Å². The molecule has 0 atom stereocenters. The minimum atomic E-state index is -4.72. The van der Waals surface area contributed by atoms with Crippen LogP contribution in [0, 0.1) is 0 Å². The number of aromatic nitrogens is 2. The third-order valence-electron chi connectivity index (χ3n) is 5.59. The van der Waals surface area contributed by atoms with Crippen molar-refractivity contribution in [3.05, 3.63) is 94.4 Å². The van der Waals surface area contributed by atoms with E-state index in [1.54, 1.807) is 34.9 Å². The number of rotatable bonds is 8. The third kappa shape index (κ3) is 6.09. The molecule has 0 saturated carbocycles. The second-order valence-corrected chi connectivity index (χ2v) is 8.67. The Labute approximate surface area is 211 Å². The van der Waals surface area contributed by atoms with Gasteiger partial charge in [0.05, 0.1) is 10.7 Å². The first-order chi connectivity index (χ1) is 17.1. The number of amides is 1. The summed E-state index contributed by atoms with van der Waals surface area (Å²) in [6.45, 7) is 2.72. The zero-order valence-electron chi connectivity index (χ0n) is 19.6. The van der Waals surface area contributed by atoms with Crippen molar-refractivity contribution in [1.29, 1.82) is 0 Å². The van der Waals surface area contributed by atoms with Gasteiger partial charge in [0.15, 0.2) is 0 Å². The van der Waals surface area contributed by atoms with Crippen LogP contribution in [-0.4, -0.2) is 28.7 Å². The number of hydrogen-bond acceptors (Lipinski definition) is 4. The summed E-state index contributed by atoms with van der Waals surface area (Å²) in [6.07, 6.45) is -2.44. The van der Waals surface area contributed by atoms with Crippen LogP contribution in [0.4, 0.5) is 18.9 Å². The number of benzene rings is 2. The fourth-order valence-corrected chi connectivity index (χ4v) is 4.05. The molecule has 4 rings (SSSR count). The lowest BCUT2D eigenvalue weighted by Crippen LogP contribution is -2.25. The Kier molecular flexibility index (Phi) is 7.40. The Morgan fingerprint density at radius 2 is 1.86 bits per heavy atom. The Bertz CT molecular complexity index is 1370. The van der Waals surface area contributed by atoms with Gasteiger partial charge in [-0.1, -0.05) is 42.8 Å². The molecule has 36 heavy (non-hydrogen) atoms. The van der Waals surface area contributed by atoms with Crippen molar-refractivity contribution in [3.8, 4) is 5.75 Å². The molecule has 0 spiro atoms. The Balaban J connectivity index is 1.42. The average Bonchev–Trinajstić information content (AvgIpc) is 3.21. The third-order valence-corrected chi connectivity index (χ3v) is 5.81. The number of anilines is 1. The minimum Gasteiger partial charge on any atom is -0.406 e. The molecule has 0 radical (unpaired) electrons. The van der Waals surface area contributed by atoms with Gasteiger partial charge in [0.2, 0.25) is 0 Å². The number of alkyl halides is 3. The van der Waals surface area contributed by atoms with Crippen LogP contribution in [0.5, 0.6) is 5.75 Å². The highest BCUT2D eigenvalue weighted by Crippen LogP contribution is 2.24. The van der Waals surface area contributed by atoms with Crippen LogP contribution in [0.15, 0.2) is 66.9 Å². The van der Waals surface area contributed by atoms with Crippen molar-refractivity contribution in [3.63, 3.8) is 0 Å². The number of hydrogen-bond donors (Lipinski definition) is 1. The molecule has 10 heteroatoms. The highest BCUT2D eigenvalue weighted by Gasteiger charge is 2.31. The number of fused-ring (bicyclic) bond motifs is 1. The number of carbonyl (C=O) groups excluding carboxylic acids is 1. The lowest BCUT2D eigenvalue weighted by molar-refractivity contribution is -0.274. The van der Waals surface area contributed by atoms with Gasteiger partial charge in [-0.2, -0.15) is 0 Å². The standard InChI is InChI=1S/C26H24ClF3N4O2/c1-3-22-24(34-16-19(27)9-12-23(34)32-22)25(35)31-14-18-5-4-6-20(13-18)33(2)15-17-7-10-21(11-8-17)36-26(28,29)30/h4-13,16H,3,14-15H2,1-2H3,(H,31,35). The SMILES string of the molecule is CCc1nc2ccc(Cl)cn2c1C(=O)NCc1cccc(N(C)Cc2ccc(OC(F)(F)F)cc2)c1. The van der Waals surface area contributed by atoms with E-state index in [-0.39, 0.29) is 11.7 Å². The number of pyridine rings is 1. The molecule has 2 aromatic carbocycles. The smallest absolute Gasteiger partial charge is 0.406 e. The fourth-order valence-electron chi connectivity index (χ4n) is 3.89. The molecular formula is C26H24ClF3N4O2. The quantitative estimate of drug-likeness (QED) is 0.311. The van der Waals surface area contributed by atoms with Crippen LogP contribution >= 0.6 is 11.6 Å². The largest absolute Gasteiger partial charge is 0.573 e. The molecule has 188 valence electrons. The zero-order chi connectivity index (χ0) is 25.9. The first-order valence-corrected chi connectivity index (χ1v) is 11.6. The van der Waals surface area contributed by atoms with E-state index in [1.807, 2.05) is 43.1 Å². The molecule has 1 N–H and O–H groups in total. The molecule has 4 aromatic rings. The molecule has 2 aromatic heterocycles. The first-order valence-electron chi connectivity index (χ1n) is 11.2. The molecule has 6 nitrogen and oxygen atoms in total. The molecule has 0 saturated heterocycles. The molecule has 2 heterocycles. The normalized spacial score (nSPS) is 11.5. The van der Waals surface area contributed by atoms with Crippen molar-refractivity contribution in [2.24, 2.45) is 0 Å². The summed E-state index contributed by atoms with van der Waals surface area (Å²) in [6, 6.07) is 16.9. The van der Waals surface area contributed by atoms with E-state index in [2.05, 4.69) is 15.0 Å². The van der Waals surface area contributed by atoms with E-state index < -0.39 is 6.36 Å². The fraction of sp³-hybridized carbons (Fsp3) is 0.231. The summed E-state index contributed by atoms with van der Waals surface area (Å²) in [5, 5.41) is 3.47. The summed E-state index contributed by atoms with van der Waals surface area (Å²) in [7, 11) is 1.88. The topological polar surface area (TPSA) is 58.9 Å². The van der Waals surface area contributed by atoms with Crippen molar-refractivity contribution in [1.82, 2.24) is 14.7 Å². The molecule has 1 amide bonds. The van der Waals surface area contributed by atoms with Crippen LogP contribution in [-0.2, 0) is 19.5 Å². The van der Waals surface area contributed by atoms with Gasteiger partial charge < -0.3 is 15.0 Å². The van der Waals surface area contributed by atoms with Gasteiger partial charge in [-0.25, -0.2) is 4.98 Å². The molecule has 0 unspecified atom stereocenters. The number of ether oxygens (including phenoxy) is 1. The van der Waals surface area contributed by atoms with E-state index >= 15 is 0 Å². The number of halogens is 4. The van der Waals surface area contributed by atoms with E-state index in [4.69, 9.17) is 11.6 Å². The average molecular weight is 517 g/mol. The summed E-state index contributed by atoms with van der Waals surface area (Å²) >= 11 is 6.12. The molecule has 0 aliphatic heterocycles. The molecular weight excluding hydrogens is 493 g/mol. The van der Waals surface area contributed by atoms with Crippen LogP contribution in [0.3, 0.4) is 0 Å². The first kappa shape index (κ1) is 25.4. The molecule has 0 fully saturated rings. The van der Waals surface area contributed by atoms with E-state index in [0.29, 0.717) is 41.6 Å². The number of nitrogens with zero attached hydrogens (tertiary/aromatic N) is 3. The van der Waals surface area contributed by atoms with E-state index in [9.17, 15) is 18.0 Å². The number of aryl methyl sites for hydroxylation is 1. The number of nitrogens with one attached hydrogen (secondary N) is 1. The van der Waals surface area contributed by atoms with Gasteiger partial charge in [0.1, 0.15) is 17.1 Å². The Morgan fingerprint density at radius 3 is 2.56 bits per heavy atom. The van der Waals surface area contributed by atoms with Gasteiger partial charge in [-0.3, -0.25) is 9.20 Å². The molecule has 0 bridgehead atoms. The van der Waals surface area contributed by atoms with Crippen molar-refractivity contribution >= 4 is 28.8 Å². The zero-order valence-corrected chi connectivity index (χ0v) is 20.4. The van der Waals surface area contributed by atoms with Gasteiger partial charge in [-0.05, 0) is 53.9 Å². The predicted molar refractivity (Wildman–Crippen MR) is 132 cm³/mol. The van der Waals surface area contributed by atoms with Crippen LogP contribution in [0.1, 0.15) is 34.2 Å². The second kappa shape index (κ2) is 10.5. The summed E-state index contributed by atoms with van der Waals surface area (Å²) in [4.78, 5) is 19.5. The lowest BCUT2D eigenvalue weighted by atomic mass is 10.1. The predicted octanol–water partition coefficient (Wildman–Crippen LogP) is 6.02. The molecule has 0 aliphatic rings. The van der Waals surface area contributed by atoms with Gasteiger partial charge in [0.25, 0.3) is 5.91 Å². The Morgan fingerprint density at radius 1 is 1.11 bits per heavy atom. The van der Waals surface area contributed by atoms with Crippen molar-refractivity contribution in [2.75, 3.05) is 11.9 Å². The minimum absolute atomic E-state index is 0.249. The maximum absolute atomic E-state index is 13.1. The van der Waals surface area contributed by atoms with Crippen molar-refractivity contribution < 1.29 is 22.7 Å². The van der Waals surface area contributed by atoms with Gasteiger partial charge in [-0.15, -0.1) is 13.2 Å².